The number of alkyl halides is 2. The van der Waals surface area contributed by atoms with Crippen molar-refractivity contribution >= 4 is 23.3 Å². The molecule has 0 atom stereocenters. The first-order valence-corrected chi connectivity index (χ1v) is 10.3. The van der Waals surface area contributed by atoms with Gasteiger partial charge in [0.25, 0.3) is 23.5 Å². The topological polar surface area (TPSA) is 100 Å². The van der Waals surface area contributed by atoms with Gasteiger partial charge in [0.2, 0.25) is 0 Å². The number of rotatable bonds is 6. The Balaban J connectivity index is 1.60. The highest BCUT2D eigenvalue weighted by atomic mass is 19.3. The van der Waals surface area contributed by atoms with Gasteiger partial charge >= 0.3 is 0 Å². The maximum absolute atomic E-state index is 13.5. The highest BCUT2D eigenvalue weighted by molar-refractivity contribution is 6.43. The second-order valence-corrected chi connectivity index (χ2v) is 8.56. The van der Waals surface area contributed by atoms with Crippen LogP contribution in [0.3, 0.4) is 0 Å². The summed E-state index contributed by atoms with van der Waals surface area (Å²) in [7, 11) is 0. The van der Waals surface area contributed by atoms with E-state index >= 15 is 0 Å². The summed E-state index contributed by atoms with van der Waals surface area (Å²) < 4.78 is 54.8. The van der Waals surface area contributed by atoms with Crippen molar-refractivity contribution < 1.29 is 37.1 Å². The van der Waals surface area contributed by atoms with Crippen LogP contribution in [0.25, 0.3) is 0 Å². The number of Topliss-reactive ketones (excluding diaryl/α,β-unsaturated/α-hetero) is 1. The summed E-state index contributed by atoms with van der Waals surface area (Å²) in [5.41, 5.74) is -0.748. The van der Waals surface area contributed by atoms with Gasteiger partial charge in [-0.25, -0.2) is 17.6 Å². The smallest absolute Gasteiger partial charge is 0.294 e. The van der Waals surface area contributed by atoms with Crippen molar-refractivity contribution in [2.24, 2.45) is 0 Å². The molecule has 7 nitrogen and oxygen atoms in total. The Bertz CT molecular complexity index is 1170. The van der Waals surface area contributed by atoms with Crippen LogP contribution in [0.1, 0.15) is 51.4 Å². The lowest BCUT2D eigenvalue weighted by atomic mass is 9.74. The van der Waals surface area contributed by atoms with Crippen LogP contribution in [0.5, 0.6) is 0 Å². The van der Waals surface area contributed by atoms with E-state index in [0.29, 0.717) is 25.1 Å². The van der Waals surface area contributed by atoms with Gasteiger partial charge in [-0.3, -0.25) is 14.4 Å². The molecule has 1 aromatic heterocycles. The molecule has 3 N–H and O–H groups in total. The predicted molar refractivity (Wildman–Crippen MR) is 108 cm³/mol. The molecule has 1 aliphatic carbocycles. The Labute approximate surface area is 185 Å². The number of nitrogens with zero attached hydrogens (tertiary/aromatic N) is 1. The van der Waals surface area contributed by atoms with Crippen LogP contribution >= 0.6 is 0 Å². The average Bonchev–Trinajstić information content (AvgIpc) is 3.27. The number of anilines is 1. The number of carbonyl (C=O) groups is 3. The predicted octanol–water partition coefficient (Wildman–Crippen LogP) is 2.73. The number of nitrogens with one attached hydrogen (secondary N) is 2. The first kappa shape index (κ1) is 23.0. The molecule has 0 radical (unpaired) electrons. The Hall–Kier alpha value is -3.21. The molecule has 176 valence electrons. The van der Waals surface area contributed by atoms with Gasteiger partial charge in [-0.1, -0.05) is 0 Å². The van der Waals surface area contributed by atoms with Crippen LogP contribution in [-0.2, 0) is 17.8 Å². The fourth-order valence-electron chi connectivity index (χ4n) is 4.66. The first-order valence-electron chi connectivity index (χ1n) is 10.3. The average molecular weight is 467 g/mol. The van der Waals surface area contributed by atoms with Gasteiger partial charge in [0.15, 0.2) is 11.6 Å². The van der Waals surface area contributed by atoms with Crippen LogP contribution in [0, 0.1) is 18.6 Å². The summed E-state index contributed by atoms with van der Waals surface area (Å²) in [6.07, 6.45) is -0.496. The number of benzene rings is 1. The van der Waals surface area contributed by atoms with Gasteiger partial charge in [0.05, 0.1) is 23.4 Å². The Kier molecular flexibility index (Phi) is 5.55. The van der Waals surface area contributed by atoms with E-state index in [0.717, 1.165) is 12.1 Å². The number of halogens is 4. The van der Waals surface area contributed by atoms with Gasteiger partial charge in [-0.05, 0) is 37.5 Å². The highest BCUT2D eigenvalue weighted by Gasteiger charge is 2.57. The van der Waals surface area contributed by atoms with Crippen molar-refractivity contribution in [3.05, 3.63) is 52.3 Å². The van der Waals surface area contributed by atoms with Crippen LogP contribution in [0.4, 0.5) is 23.2 Å². The lowest BCUT2D eigenvalue weighted by Crippen LogP contribution is -2.65. The van der Waals surface area contributed by atoms with Crippen molar-refractivity contribution in [1.82, 2.24) is 9.88 Å². The lowest BCUT2D eigenvalue weighted by molar-refractivity contribution is -0.154. The van der Waals surface area contributed by atoms with E-state index in [1.54, 1.807) is 4.57 Å². The Morgan fingerprint density at radius 1 is 1.15 bits per heavy atom. The van der Waals surface area contributed by atoms with Gasteiger partial charge in [-0.15, -0.1) is 0 Å². The van der Waals surface area contributed by atoms with E-state index in [4.69, 9.17) is 0 Å². The van der Waals surface area contributed by atoms with E-state index in [1.807, 2.05) is 0 Å². The molecule has 2 aromatic rings. The quantitative estimate of drug-likeness (QED) is 0.346. The van der Waals surface area contributed by atoms with Gasteiger partial charge in [-0.2, -0.15) is 0 Å². The fraction of sp³-hybridized carbons (Fsp3) is 0.409. The number of amides is 2. The Morgan fingerprint density at radius 2 is 1.85 bits per heavy atom. The Morgan fingerprint density at radius 3 is 2.45 bits per heavy atom. The van der Waals surface area contributed by atoms with Crippen molar-refractivity contribution in [3.8, 4) is 0 Å². The number of ketones is 1. The zero-order valence-corrected chi connectivity index (χ0v) is 17.6. The van der Waals surface area contributed by atoms with Crippen molar-refractivity contribution in [3.63, 3.8) is 0 Å². The summed E-state index contributed by atoms with van der Waals surface area (Å²) in [5.74, 6) is -8.06. The molecular formula is C22H21F4N3O4. The molecule has 2 aliphatic rings. The zero-order chi connectivity index (χ0) is 24.1. The highest BCUT2D eigenvalue weighted by Crippen LogP contribution is 2.45. The molecule has 4 rings (SSSR count). The largest absolute Gasteiger partial charge is 0.394 e. The SMILES string of the molecule is Cc1c(C(=O)Nc2ccc(F)c(F)c2)c2n(c1C(=O)C(=O)NC1(CO)CC(F)(F)C1)CCC2. The molecule has 1 aliphatic heterocycles. The van der Waals surface area contributed by atoms with Gasteiger partial charge < -0.3 is 20.3 Å². The third-order valence-corrected chi connectivity index (χ3v) is 6.11. The van der Waals surface area contributed by atoms with Crippen LogP contribution in [0.15, 0.2) is 18.2 Å². The first-order chi connectivity index (χ1) is 15.5. The van der Waals surface area contributed by atoms with E-state index in [1.165, 1.54) is 13.0 Å². The molecule has 2 heterocycles. The van der Waals surface area contributed by atoms with E-state index in [9.17, 15) is 37.1 Å². The number of hydrogen-bond donors (Lipinski definition) is 3. The number of aliphatic hydroxyl groups is 1. The minimum atomic E-state index is -3.03. The molecule has 2 amide bonds. The maximum Gasteiger partial charge on any atom is 0.294 e. The molecule has 0 saturated heterocycles. The van der Waals surface area contributed by atoms with Crippen LogP contribution in [0.2, 0.25) is 0 Å². The summed E-state index contributed by atoms with van der Waals surface area (Å²) >= 11 is 0. The van der Waals surface area contributed by atoms with E-state index in [-0.39, 0.29) is 22.5 Å². The van der Waals surface area contributed by atoms with Crippen molar-refractivity contribution in [2.75, 3.05) is 11.9 Å². The zero-order valence-electron chi connectivity index (χ0n) is 17.6. The van der Waals surface area contributed by atoms with Crippen LogP contribution < -0.4 is 10.6 Å². The molecule has 11 heteroatoms. The molecule has 1 aromatic carbocycles. The third kappa shape index (κ3) is 4.01. The molecule has 33 heavy (non-hydrogen) atoms. The van der Waals surface area contributed by atoms with E-state index in [2.05, 4.69) is 10.6 Å². The number of aliphatic hydroxyl groups excluding tert-OH is 1. The summed E-state index contributed by atoms with van der Waals surface area (Å²) in [6, 6.07) is 2.87. The van der Waals surface area contributed by atoms with Crippen molar-refractivity contribution in [1.29, 1.82) is 0 Å². The number of hydrogen-bond acceptors (Lipinski definition) is 4. The lowest BCUT2D eigenvalue weighted by Gasteiger charge is -2.46. The van der Waals surface area contributed by atoms with Crippen molar-refractivity contribution in [2.45, 2.75) is 50.6 Å². The molecule has 0 spiro atoms. The molecule has 1 saturated carbocycles. The molecule has 0 bridgehead atoms. The van der Waals surface area contributed by atoms with Crippen LogP contribution in [-0.4, -0.2) is 45.3 Å². The molecule has 0 unspecified atom stereocenters. The third-order valence-electron chi connectivity index (χ3n) is 6.11. The standard InChI is InChI=1S/C22H21F4N3O4/c1-11-16(19(32)27-12-4-5-13(23)14(24)7-12)15-3-2-6-29(15)17(11)18(31)20(33)28-21(10-30)8-22(25,26)9-21/h4-5,7,30H,2-3,6,8-10H2,1H3,(H,27,32)(H,28,33). The summed E-state index contributed by atoms with van der Waals surface area (Å²) in [6.45, 7) is 1.10. The molecule has 1 fully saturated rings. The normalized spacial score (nSPS) is 17.8. The number of carbonyl (C=O) groups excluding carboxylic acids is 3. The second-order valence-electron chi connectivity index (χ2n) is 8.56. The summed E-state index contributed by atoms with van der Waals surface area (Å²) in [5, 5.41) is 14.2. The van der Waals surface area contributed by atoms with Gasteiger partial charge in [0.1, 0.15) is 0 Å². The van der Waals surface area contributed by atoms with E-state index < -0.39 is 60.1 Å². The number of fused-ring (bicyclic) bond motifs is 1. The minimum absolute atomic E-state index is 0.0117. The van der Waals surface area contributed by atoms with Gasteiger partial charge in [0, 0.05) is 36.8 Å². The monoisotopic (exact) mass is 467 g/mol. The minimum Gasteiger partial charge on any atom is -0.394 e. The summed E-state index contributed by atoms with van der Waals surface area (Å²) in [4.78, 5) is 38.5. The second kappa shape index (κ2) is 7.98. The maximum atomic E-state index is 13.5. The molecular weight excluding hydrogens is 446 g/mol. The number of aromatic nitrogens is 1. The fourth-order valence-corrected chi connectivity index (χ4v) is 4.66.